The van der Waals surface area contributed by atoms with Crippen molar-refractivity contribution in [1.82, 2.24) is 19.6 Å². The summed E-state index contributed by atoms with van der Waals surface area (Å²) in [6.45, 7) is 4.63. The molecule has 2 rings (SSSR count). The molecule has 0 atom stereocenters. The van der Waals surface area contributed by atoms with Gasteiger partial charge in [0.05, 0.1) is 6.20 Å². The molecule has 5 heteroatoms. The largest absolute Gasteiger partial charge is 0.329 e. The maximum Gasteiger partial charge on any atom is 0.179 e. The van der Waals surface area contributed by atoms with E-state index < -0.39 is 0 Å². The van der Waals surface area contributed by atoms with E-state index >= 15 is 0 Å². The van der Waals surface area contributed by atoms with Gasteiger partial charge in [0.15, 0.2) is 5.65 Å². The van der Waals surface area contributed by atoms with E-state index in [9.17, 15) is 0 Å². The van der Waals surface area contributed by atoms with E-state index in [1.54, 1.807) is 12.4 Å². The molecule has 0 bridgehead atoms. The third kappa shape index (κ3) is 1.26. The van der Waals surface area contributed by atoms with Gasteiger partial charge < -0.3 is 5.73 Å². The van der Waals surface area contributed by atoms with Gasteiger partial charge in [-0.25, -0.2) is 0 Å². The molecular weight excluding hydrogens is 178 g/mol. The van der Waals surface area contributed by atoms with Crippen molar-refractivity contribution < 1.29 is 0 Å². The molecule has 0 radical (unpaired) electrons. The molecule has 2 heterocycles. The van der Waals surface area contributed by atoms with Crippen LogP contribution >= 0.6 is 0 Å². The van der Waals surface area contributed by atoms with Crippen LogP contribution in [0.5, 0.6) is 0 Å². The molecule has 74 valence electrons. The smallest absolute Gasteiger partial charge is 0.179 e. The summed E-state index contributed by atoms with van der Waals surface area (Å²) in [5, 5.41) is 8.16. The maximum absolute atomic E-state index is 5.69. The van der Waals surface area contributed by atoms with Gasteiger partial charge >= 0.3 is 0 Å². The van der Waals surface area contributed by atoms with Gasteiger partial charge in [-0.15, -0.1) is 10.2 Å². The summed E-state index contributed by atoms with van der Waals surface area (Å²) in [5.41, 5.74) is 6.28. The maximum atomic E-state index is 5.69. The lowest BCUT2D eigenvalue weighted by Crippen LogP contribution is -2.30. The first-order valence-electron chi connectivity index (χ1n) is 4.50. The van der Waals surface area contributed by atoms with Gasteiger partial charge in [-0.2, -0.15) is 0 Å². The van der Waals surface area contributed by atoms with Gasteiger partial charge in [0.2, 0.25) is 0 Å². The SMILES string of the molecule is CC(C)(CN)c1nnc2cnccn12. The minimum atomic E-state index is -0.166. The summed E-state index contributed by atoms with van der Waals surface area (Å²) in [6, 6.07) is 0. The molecule has 0 saturated carbocycles. The van der Waals surface area contributed by atoms with Crippen LogP contribution in [0, 0.1) is 0 Å². The second-order valence-electron chi connectivity index (χ2n) is 3.92. The predicted molar refractivity (Wildman–Crippen MR) is 52.9 cm³/mol. The Labute approximate surface area is 82.0 Å². The number of fused-ring (bicyclic) bond motifs is 1. The zero-order valence-corrected chi connectivity index (χ0v) is 8.31. The first kappa shape index (κ1) is 9.08. The topological polar surface area (TPSA) is 69.1 Å². The molecular formula is C9H13N5. The third-order valence-corrected chi connectivity index (χ3v) is 2.33. The van der Waals surface area contributed by atoms with Crippen LogP contribution in [-0.4, -0.2) is 26.1 Å². The fraction of sp³-hybridized carbons (Fsp3) is 0.444. The molecule has 0 saturated heterocycles. The van der Waals surface area contributed by atoms with E-state index in [1.807, 2.05) is 24.4 Å². The highest BCUT2D eigenvalue weighted by Crippen LogP contribution is 2.19. The van der Waals surface area contributed by atoms with E-state index in [1.165, 1.54) is 0 Å². The fourth-order valence-electron chi connectivity index (χ4n) is 1.31. The minimum absolute atomic E-state index is 0.166. The second-order valence-corrected chi connectivity index (χ2v) is 3.92. The summed E-state index contributed by atoms with van der Waals surface area (Å²) in [6.07, 6.45) is 5.25. The van der Waals surface area contributed by atoms with Crippen molar-refractivity contribution in [3.05, 3.63) is 24.4 Å². The Morgan fingerprint density at radius 3 is 2.93 bits per heavy atom. The van der Waals surface area contributed by atoms with E-state index in [0.29, 0.717) is 6.54 Å². The first-order valence-corrected chi connectivity index (χ1v) is 4.50. The molecule has 0 aliphatic carbocycles. The summed E-state index contributed by atoms with van der Waals surface area (Å²) < 4.78 is 1.92. The van der Waals surface area contributed by atoms with Crippen molar-refractivity contribution in [1.29, 1.82) is 0 Å². The number of hydrogen-bond donors (Lipinski definition) is 1. The molecule has 5 nitrogen and oxygen atoms in total. The van der Waals surface area contributed by atoms with E-state index in [0.717, 1.165) is 11.5 Å². The van der Waals surface area contributed by atoms with Crippen molar-refractivity contribution in [3.8, 4) is 0 Å². The van der Waals surface area contributed by atoms with Crippen LogP contribution in [-0.2, 0) is 5.41 Å². The van der Waals surface area contributed by atoms with E-state index in [4.69, 9.17) is 5.73 Å². The van der Waals surface area contributed by atoms with Gasteiger partial charge in [0.1, 0.15) is 5.82 Å². The van der Waals surface area contributed by atoms with E-state index in [-0.39, 0.29) is 5.41 Å². The molecule has 2 N–H and O–H groups in total. The molecule has 2 aromatic rings. The zero-order valence-electron chi connectivity index (χ0n) is 8.31. The molecule has 2 aromatic heterocycles. The molecule has 0 spiro atoms. The van der Waals surface area contributed by atoms with Gasteiger partial charge in [0, 0.05) is 24.4 Å². The average molecular weight is 191 g/mol. The molecule has 0 fully saturated rings. The van der Waals surface area contributed by atoms with Crippen molar-refractivity contribution in [2.75, 3.05) is 6.54 Å². The Bertz CT molecular complexity index is 445. The molecule has 0 aliphatic rings. The molecule has 14 heavy (non-hydrogen) atoms. The van der Waals surface area contributed by atoms with Gasteiger partial charge in [-0.1, -0.05) is 13.8 Å². The minimum Gasteiger partial charge on any atom is -0.329 e. The molecule has 0 amide bonds. The van der Waals surface area contributed by atoms with Crippen LogP contribution < -0.4 is 5.73 Å². The second kappa shape index (κ2) is 3.02. The Morgan fingerprint density at radius 1 is 1.43 bits per heavy atom. The number of nitrogens with zero attached hydrogens (tertiary/aromatic N) is 4. The Balaban J connectivity index is 2.64. The van der Waals surface area contributed by atoms with Gasteiger partial charge in [-0.3, -0.25) is 9.38 Å². The number of hydrogen-bond acceptors (Lipinski definition) is 4. The standard InChI is InChI=1S/C9H13N5/c1-9(2,6-10)8-13-12-7-5-11-3-4-14(7)8/h3-5H,6,10H2,1-2H3. The Kier molecular flexibility index (Phi) is 1.96. The van der Waals surface area contributed by atoms with E-state index in [2.05, 4.69) is 15.2 Å². The quantitative estimate of drug-likeness (QED) is 0.744. The van der Waals surface area contributed by atoms with Crippen LogP contribution in [0.25, 0.3) is 5.65 Å². The van der Waals surface area contributed by atoms with Crippen LogP contribution in [0.15, 0.2) is 18.6 Å². The summed E-state index contributed by atoms with van der Waals surface area (Å²) >= 11 is 0. The highest BCUT2D eigenvalue weighted by atomic mass is 15.3. The average Bonchev–Trinajstić information content (AvgIpc) is 2.61. The van der Waals surface area contributed by atoms with Gasteiger partial charge in [0.25, 0.3) is 0 Å². The fourth-order valence-corrected chi connectivity index (χ4v) is 1.31. The highest BCUT2D eigenvalue weighted by molar-refractivity contribution is 5.35. The highest BCUT2D eigenvalue weighted by Gasteiger charge is 2.24. The zero-order chi connectivity index (χ0) is 10.2. The number of rotatable bonds is 2. The van der Waals surface area contributed by atoms with Gasteiger partial charge in [-0.05, 0) is 0 Å². The van der Waals surface area contributed by atoms with Crippen LogP contribution in [0.2, 0.25) is 0 Å². The predicted octanol–water partition coefficient (Wildman–Crippen LogP) is 0.361. The molecule has 0 aliphatic heterocycles. The van der Waals surface area contributed by atoms with Crippen LogP contribution in [0.4, 0.5) is 0 Å². The number of aromatic nitrogens is 4. The van der Waals surface area contributed by atoms with Crippen molar-refractivity contribution >= 4 is 5.65 Å². The Hall–Kier alpha value is -1.49. The lowest BCUT2D eigenvalue weighted by atomic mass is 9.93. The normalized spacial score (nSPS) is 12.2. The van der Waals surface area contributed by atoms with Crippen LogP contribution in [0.3, 0.4) is 0 Å². The lowest BCUT2D eigenvalue weighted by Gasteiger charge is -2.19. The number of nitrogens with two attached hydrogens (primary N) is 1. The monoisotopic (exact) mass is 191 g/mol. The molecule has 0 aromatic carbocycles. The third-order valence-electron chi connectivity index (χ3n) is 2.33. The van der Waals surface area contributed by atoms with Crippen LogP contribution in [0.1, 0.15) is 19.7 Å². The van der Waals surface area contributed by atoms with Crippen molar-refractivity contribution in [3.63, 3.8) is 0 Å². The first-order chi connectivity index (χ1) is 6.65. The summed E-state index contributed by atoms with van der Waals surface area (Å²) in [5.74, 6) is 0.873. The summed E-state index contributed by atoms with van der Waals surface area (Å²) in [4.78, 5) is 3.98. The van der Waals surface area contributed by atoms with Crippen molar-refractivity contribution in [2.45, 2.75) is 19.3 Å². The van der Waals surface area contributed by atoms with Crippen molar-refractivity contribution in [2.24, 2.45) is 5.73 Å². The lowest BCUT2D eigenvalue weighted by molar-refractivity contribution is 0.497. The summed E-state index contributed by atoms with van der Waals surface area (Å²) in [7, 11) is 0. The Morgan fingerprint density at radius 2 is 2.21 bits per heavy atom. The molecule has 0 unspecified atom stereocenters.